The van der Waals surface area contributed by atoms with Crippen molar-refractivity contribution < 1.29 is 19.1 Å². The average Bonchev–Trinajstić information content (AvgIpc) is 2.82. The Morgan fingerprint density at radius 3 is 2.58 bits per heavy atom. The highest BCUT2D eigenvalue weighted by molar-refractivity contribution is 5.94. The molecule has 7 heteroatoms. The summed E-state index contributed by atoms with van der Waals surface area (Å²) in [4.78, 5) is 26.9. The molecule has 0 aliphatic carbocycles. The highest BCUT2D eigenvalue weighted by Crippen LogP contribution is 2.20. The van der Waals surface area contributed by atoms with Gasteiger partial charge in [-0.1, -0.05) is 24.8 Å². The molecule has 1 fully saturated rings. The van der Waals surface area contributed by atoms with E-state index in [9.17, 15) is 9.59 Å². The average molecular weight is 421 g/mol. The van der Waals surface area contributed by atoms with Gasteiger partial charge in [0.2, 0.25) is 5.91 Å². The molecule has 2 aromatic rings. The van der Waals surface area contributed by atoms with E-state index in [-0.39, 0.29) is 17.7 Å². The van der Waals surface area contributed by atoms with E-state index >= 15 is 0 Å². The molecule has 1 heterocycles. The fraction of sp³-hybridized carbons (Fsp3) is 0.292. The lowest BCUT2D eigenvalue weighted by Gasteiger charge is -2.31. The van der Waals surface area contributed by atoms with Gasteiger partial charge in [0.25, 0.3) is 5.91 Å². The number of carbonyl (C=O) groups excluding carboxylic acids is 2. The lowest BCUT2D eigenvalue weighted by atomic mass is 9.95. The van der Waals surface area contributed by atoms with Crippen molar-refractivity contribution >= 4 is 18.0 Å². The maximum atomic E-state index is 12.6. The number of piperidine rings is 1. The van der Waals surface area contributed by atoms with Gasteiger partial charge in [-0.15, -0.1) is 0 Å². The van der Waals surface area contributed by atoms with Gasteiger partial charge in [0, 0.05) is 24.6 Å². The molecule has 0 atom stereocenters. The number of likely N-dealkylation sites (tertiary alicyclic amines) is 1. The number of hydrogen-bond acceptors (Lipinski definition) is 5. The van der Waals surface area contributed by atoms with E-state index in [1.54, 1.807) is 48.6 Å². The molecule has 0 radical (unpaired) electrons. The van der Waals surface area contributed by atoms with Crippen molar-refractivity contribution in [3.8, 4) is 11.5 Å². The number of amides is 2. The fourth-order valence-electron chi connectivity index (χ4n) is 3.36. The number of ether oxygens (including phenoxy) is 2. The van der Waals surface area contributed by atoms with Crippen LogP contribution in [0.15, 0.2) is 66.3 Å². The van der Waals surface area contributed by atoms with E-state index in [4.69, 9.17) is 9.47 Å². The van der Waals surface area contributed by atoms with Crippen molar-refractivity contribution in [3.63, 3.8) is 0 Å². The number of rotatable bonds is 8. The zero-order valence-electron chi connectivity index (χ0n) is 17.6. The Kier molecular flexibility index (Phi) is 7.81. The summed E-state index contributed by atoms with van der Waals surface area (Å²) in [5, 5.41) is 4.06. The van der Waals surface area contributed by atoms with Crippen LogP contribution in [0.5, 0.6) is 11.5 Å². The number of methoxy groups -OCH3 is 1. The summed E-state index contributed by atoms with van der Waals surface area (Å²) >= 11 is 0. The third-order valence-electron chi connectivity index (χ3n) is 5.10. The van der Waals surface area contributed by atoms with Crippen molar-refractivity contribution in [1.82, 2.24) is 10.3 Å². The zero-order valence-corrected chi connectivity index (χ0v) is 17.6. The molecule has 1 aliphatic heterocycles. The first-order valence-corrected chi connectivity index (χ1v) is 10.2. The molecule has 1 saturated heterocycles. The lowest BCUT2D eigenvalue weighted by molar-refractivity contribution is -0.126. The maximum absolute atomic E-state index is 12.6. The van der Waals surface area contributed by atoms with Crippen LogP contribution in [-0.2, 0) is 4.79 Å². The first kappa shape index (κ1) is 22.1. The van der Waals surface area contributed by atoms with Crippen molar-refractivity contribution in [2.75, 3.05) is 26.8 Å². The summed E-state index contributed by atoms with van der Waals surface area (Å²) in [7, 11) is 1.59. The van der Waals surface area contributed by atoms with E-state index < -0.39 is 0 Å². The van der Waals surface area contributed by atoms with E-state index in [0.717, 1.165) is 5.56 Å². The highest BCUT2D eigenvalue weighted by Gasteiger charge is 2.27. The summed E-state index contributed by atoms with van der Waals surface area (Å²) < 4.78 is 10.6. The normalized spacial score (nSPS) is 14.3. The Morgan fingerprint density at radius 1 is 1.16 bits per heavy atom. The maximum Gasteiger partial charge on any atom is 0.253 e. The van der Waals surface area contributed by atoms with Crippen LogP contribution in [0.25, 0.3) is 0 Å². The Bertz CT molecular complexity index is 932. The molecule has 0 unspecified atom stereocenters. The van der Waals surface area contributed by atoms with E-state index in [2.05, 4.69) is 17.1 Å². The Morgan fingerprint density at radius 2 is 1.90 bits per heavy atom. The van der Waals surface area contributed by atoms with Crippen LogP contribution < -0.4 is 14.9 Å². The second-order valence-electron chi connectivity index (χ2n) is 7.20. The quantitative estimate of drug-likeness (QED) is 0.403. The van der Waals surface area contributed by atoms with Gasteiger partial charge in [0.15, 0.2) is 0 Å². The summed E-state index contributed by atoms with van der Waals surface area (Å²) in [6, 6.07) is 14.5. The molecular weight excluding hydrogens is 394 g/mol. The topological polar surface area (TPSA) is 80.2 Å². The van der Waals surface area contributed by atoms with Crippen LogP contribution in [0.2, 0.25) is 0 Å². The third-order valence-corrected chi connectivity index (χ3v) is 5.10. The summed E-state index contributed by atoms with van der Waals surface area (Å²) in [5.74, 6) is 1.09. The van der Waals surface area contributed by atoms with Crippen molar-refractivity contribution in [1.29, 1.82) is 0 Å². The van der Waals surface area contributed by atoms with E-state index in [1.165, 1.54) is 0 Å². The van der Waals surface area contributed by atoms with Crippen LogP contribution in [0.1, 0.15) is 28.8 Å². The molecule has 3 rings (SSSR count). The number of hydrazone groups is 1. The van der Waals surface area contributed by atoms with Crippen LogP contribution >= 0.6 is 0 Å². The largest absolute Gasteiger partial charge is 0.497 e. The smallest absolute Gasteiger partial charge is 0.253 e. The Labute approximate surface area is 182 Å². The van der Waals surface area contributed by atoms with Gasteiger partial charge in [-0.2, -0.15) is 5.10 Å². The summed E-state index contributed by atoms with van der Waals surface area (Å²) in [5.41, 5.74) is 4.05. The number of carbonyl (C=O) groups is 2. The molecule has 1 aliphatic rings. The van der Waals surface area contributed by atoms with E-state index in [0.29, 0.717) is 49.6 Å². The van der Waals surface area contributed by atoms with Gasteiger partial charge in [-0.25, -0.2) is 5.43 Å². The molecule has 0 aromatic heterocycles. The van der Waals surface area contributed by atoms with Crippen LogP contribution in [0, 0.1) is 5.92 Å². The minimum absolute atomic E-state index is 0.0295. The molecule has 0 saturated carbocycles. The molecule has 31 heavy (non-hydrogen) atoms. The van der Waals surface area contributed by atoms with Gasteiger partial charge in [-0.05, 0) is 54.8 Å². The lowest BCUT2D eigenvalue weighted by Crippen LogP contribution is -2.42. The number of hydrogen-bond donors (Lipinski definition) is 1. The molecule has 7 nitrogen and oxygen atoms in total. The first-order valence-electron chi connectivity index (χ1n) is 10.2. The number of nitrogens with zero attached hydrogens (tertiary/aromatic N) is 2. The molecule has 2 aromatic carbocycles. The zero-order chi connectivity index (χ0) is 22.1. The molecule has 1 N–H and O–H groups in total. The fourth-order valence-corrected chi connectivity index (χ4v) is 3.36. The Balaban J connectivity index is 1.47. The molecule has 0 spiro atoms. The van der Waals surface area contributed by atoms with Gasteiger partial charge in [0.05, 0.1) is 13.3 Å². The minimum atomic E-state index is -0.167. The van der Waals surface area contributed by atoms with Crippen molar-refractivity contribution in [2.45, 2.75) is 12.8 Å². The minimum Gasteiger partial charge on any atom is -0.497 e. The number of nitrogens with one attached hydrogen (secondary N) is 1. The van der Waals surface area contributed by atoms with Crippen LogP contribution in [-0.4, -0.2) is 49.7 Å². The van der Waals surface area contributed by atoms with Crippen LogP contribution in [0.3, 0.4) is 0 Å². The van der Waals surface area contributed by atoms with Gasteiger partial charge in [-0.3, -0.25) is 9.59 Å². The molecule has 0 bridgehead atoms. The first-order chi connectivity index (χ1) is 15.1. The predicted molar refractivity (Wildman–Crippen MR) is 119 cm³/mol. The SMILES string of the molecule is C=CCOc1cccc(/C=N\NC(=O)C2CCN(C(=O)c3ccc(OC)cc3)CC2)c1. The van der Waals surface area contributed by atoms with Gasteiger partial charge >= 0.3 is 0 Å². The van der Waals surface area contributed by atoms with E-state index in [1.807, 2.05) is 24.3 Å². The second-order valence-corrected chi connectivity index (χ2v) is 7.20. The second kappa shape index (κ2) is 11.0. The monoisotopic (exact) mass is 421 g/mol. The summed E-state index contributed by atoms with van der Waals surface area (Å²) in [6.45, 7) is 5.12. The number of benzene rings is 2. The third kappa shape index (κ3) is 6.18. The summed E-state index contributed by atoms with van der Waals surface area (Å²) in [6.07, 6.45) is 4.47. The highest BCUT2D eigenvalue weighted by atomic mass is 16.5. The standard InChI is InChI=1S/C24H27N3O4/c1-3-15-31-22-6-4-5-18(16-22)17-25-26-23(28)19-11-13-27(14-12-19)24(29)20-7-9-21(30-2)10-8-20/h3-10,16-17,19H,1,11-15H2,2H3,(H,26,28)/b25-17-. The van der Waals surface area contributed by atoms with Crippen molar-refractivity contribution in [2.24, 2.45) is 11.0 Å². The van der Waals surface area contributed by atoms with Crippen LogP contribution in [0.4, 0.5) is 0 Å². The molecule has 162 valence electrons. The predicted octanol–water partition coefficient (Wildman–Crippen LogP) is 3.26. The molecular formula is C24H27N3O4. The van der Waals surface area contributed by atoms with Gasteiger partial charge < -0.3 is 14.4 Å². The Hall–Kier alpha value is -3.61. The molecule has 2 amide bonds. The van der Waals surface area contributed by atoms with Crippen molar-refractivity contribution in [3.05, 3.63) is 72.3 Å². The van der Waals surface area contributed by atoms with Gasteiger partial charge in [0.1, 0.15) is 18.1 Å².